The van der Waals surface area contributed by atoms with Crippen LogP contribution in [0, 0.1) is 0 Å². The molecule has 4 aromatic carbocycles. The first-order valence-electron chi connectivity index (χ1n) is 10.1. The number of benzene rings is 4. The van der Waals surface area contributed by atoms with Gasteiger partial charge < -0.3 is 0 Å². The van der Waals surface area contributed by atoms with E-state index in [1.54, 1.807) is 11.8 Å². The lowest BCUT2D eigenvalue weighted by Crippen LogP contribution is -1.88. The molecule has 5 heteroatoms. The quantitative estimate of drug-likeness (QED) is 0.192. The molecule has 0 aliphatic heterocycles. The highest BCUT2D eigenvalue weighted by molar-refractivity contribution is 9.11. The third-order valence-electron chi connectivity index (χ3n) is 4.99. The molecule has 0 fully saturated rings. The minimum atomic E-state index is 1.07. The highest BCUT2D eigenvalue weighted by Gasteiger charge is 2.08. The van der Waals surface area contributed by atoms with Crippen molar-refractivity contribution in [3.05, 3.63) is 148 Å². The second-order valence-electron chi connectivity index (χ2n) is 7.23. The van der Waals surface area contributed by atoms with E-state index in [4.69, 9.17) is 0 Å². The van der Waals surface area contributed by atoms with Gasteiger partial charge in [-0.25, -0.2) is 0 Å². The zero-order valence-corrected chi connectivity index (χ0v) is 24.5. The standard InChI is InChI=1S/C28H18Br4S/c29-23-9-1-19(2-10-23)27(20-3-11-24(30)12-4-20)17-33-18-28(21-5-13-25(31)14-6-21)22-7-15-26(32)16-8-22/h1-18H. The first-order chi connectivity index (χ1) is 16.0. The van der Waals surface area contributed by atoms with Gasteiger partial charge in [0.1, 0.15) is 0 Å². The van der Waals surface area contributed by atoms with Gasteiger partial charge in [0.15, 0.2) is 0 Å². The maximum absolute atomic E-state index is 3.55. The number of thioether (sulfide) groups is 1. The second-order valence-corrected chi connectivity index (χ2v) is 11.6. The SMILES string of the molecule is Brc1ccc(C(=CSC=C(c2ccc(Br)cc2)c2ccc(Br)cc2)c2ccc(Br)cc2)cc1. The Morgan fingerprint density at radius 3 is 0.818 bits per heavy atom. The summed E-state index contributed by atoms with van der Waals surface area (Å²) in [6.45, 7) is 0. The van der Waals surface area contributed by atoms with Crippen molar-refractivity contribution in [2.75, 3.05) is 0 Å². The molecule has 0 aliphatic rings. The molecule has 0 radical (unpaired) electrons. The van der Waals surface area contributed by atoms with Crippen molar-refractivity contribution in [1.29, 1.82) is 0 Å². The molecular formula is C28H18Br4S. The Morgan fingerprint density at radius 1 is 0.394 bits per heavy atom. The van der Waals surface area contributed by atoms with Gasteiger partial charge in [0.25, 0.3) is 0 Å². The van der Waals surface area contributed by atoms with Crippen LogP contribution in [-0.2, 0) is 0 Å². The Kier molecular flexibility index (Phi) is 8.89. The van der Waals surface area contributed by atoms with E-state index in [9.17, 15) is 0 Å². The smallest absolute Gasteiger partial charge is 0.0175 e. The van der Waals surface area contributed by atoms with Crippen molar-refractivity contribution in [3.8, 4) is 0 Å². The summed E-state index contributed by atoms with van der Waals surface area (Å²) < 4.78 is 4.28. The predicted molar refractivity (Wildman–Crippen MR) is 158 cm³/mol. The van der Waals surface area contributed by atoms with Crippen LogP contribution in [0.25, 0.3) is 11.1 Å². The third-order valence-corrected chi connectivity index (χ3v) is 7.85. The van der Waals surface area contributed by atoms with E-state index in [1.165, 1.54) is 33.4 Å². The van der Waals surface area contributed by atoms with Gasteiger partial charge in [0, 0.05) is 17.9 Å². The molecule has 4 aromatic rings. The maximum Gasteiger partial charge on any atom is 0.0175 e. The van der Waals surface area contributed by atoms with Crippen molar-refractivity contribution in [3.63, 3.8) is 0 Å². The molecule has 0 N–H and O–H groups in total. The molecule has 0 spiro atoms. The molecular weight excluding hydrogens is 688 g/mol. The summed E-state index contributed by atoms with van der Waals surface area (Å²) in [5, 5.41) is 4.45. The summed E-state index contributed by atoms with van der Waals surface area (Å²) >= 11 is 15.9. The fourth-order valence-corrected chi connectivity index (χ4v) is 5.24. The Labute approximate surface area is 232 Å². The molecule has 0 saturated carbocycles. The van der Waals surface area contributed by atoms with Gasteiger partial charge in [-0.05, 0) is 92.7 Å². The van der Waals surface area contributed by atoms with Gasteiger partial charge in [-0.15, -0.1) is 11.8 Å². The fraction of sp³-hybridized carbons (Fsp3) is 0. The lowest BCUT2D eigenvalue weighted by molar-refractivity contribution is 1.52. The van der Waals surface area contributed by atoms with Crippen LogP contribution in [0.2, 0.25) is 0 Å². The van der Waals surface area contributed by atoms with Crippen LogP contribution in [0.5, 0.6) is 0 Å². The molecule has 0 heterocycles. The van der Waals surface area contributed by atoms with E-state index >= 15 is 0 Å². The Bertz CT molecular complexity index is 1070. The molecule has 33 heavy (non-hydrogen) atoms. The zero-order valence-electron chi connectivity index (χ0n) is 17.3. The number of hydrogen-bond donors (Lipinski definition) is 0. The van der Waals surface area contributed by atoms with E-state index in [-0.39, 0.29) is 0 Å². The summed E-state index contributed by atoms with van der Waals surface area (Å²) in [5.74, 6) is 0. The molecule has 164 valence electrons. The van der Waals surface area contributed by atoms with E-state index in [1.807, 2.05) is 0 Å². The Morgan fingerprint density at radius 2 is 0.606 bits per heavy atom. The summed E-state index contributed by atoms with van der Waals surface area (Å²) in [5.41, 5.74) is 7.07. The molecule has 4 rings (SSSR count). The Hall–Kier alpha value is -1.37. The topological polar surface area (TPSA) is 0 Å². The van der Waals surface area contributed by atoms with Crippen molar-refractivity contribution < 1.29 is 0 Å². The average Bonchev–Trinajstić information content (AvgIpc) is 2.82. The second kappa shape index (κ2) is 11.9. The maximum atomic E-state index is 3.55. The van der Waals surface area contributed by atoms with Crippen molar-refractivity contribution in [2.45, 2.75) is 0 Å². The summed E-state index contributed by atoms with van der Waals surface area (Å²) in [7, 11) is 0. The van der Waals surface area contributed by atoms with Crippen LogP contribution in [0.1, 0.15) is 22.3 Å². The van der Waals surface area contributed by atoms with E-state index in [0.717, 1.165) is 17.9 Å². The van der Waals surface area contributed by atoms with Crippen LogP contribution >= 0.6 is 75.5 Å². The number of halogens is 4. The van der Waals surface area contributed by atoms with Gasteiger partial charge in [-0.2, -0.15) is 0 Å². The van der Waals surface area contributed by atoms with Gasteiger partial charge in [0.05, 0.1) is 0 Å². The lowest BCUT2D eigenvalue weighted by atomic mass is 10.00. The highest BCUT2D eigenvalue weighted by Crippen LogP contribution is 2.32. The first-order valence-corrected chi connectivity index (χ1v) is 14.2. The first kappa shape index (κ1) is 24.7. The van der Waals surface area contributed by atoms with Crippen molar-refractivity contribution in [1.82, 2.24) is 0 Å². The molecule has 0 saturated heterocycles. The lowest BCUT2D eigenvalue weighted by Gasteiger charge is -2.11. The van der Waals surface area contributed by atoms with Gasteiger partial charge in [-0.1, -0.05) is 112 Å². The number of rotatable bonds is 6. The molecule has 0 bridgehead atoms. The van der Waals surface area contributed by atoms with Crippen molar-refractivity contribution >= 4 is 86.6 Å². The number of hydrogen-bond acceptors (Lipinski definition) is 1. The van der Waals surface area contributed by atoms with Crippen LogP contribution in [0.3, 0.4) is 0 Å². The summed E-state index contributed by atoms with van der Waals surface area (Å²) in [6, 6.07) is 33.8. The molecule has 0 unspecified atom stereocenters. The average molecular weight is 706 g/mol. The molecule has 0 nitrogen and oxygen atoms in total. The van der Waals surface area contributed by atoms with E-state index < -0.39 is 0 Å². The minimum Gasteiger partial charge on any atom is -0.105 e. The van der Waals surface area contributed by atoms with E-state index in [2.05, 4.69) is 172 Å². The zero-order chi connectivity index (χ0) is 23.2. The van der Waals surface area contributed by atoms with Crippen LogP contribution in [0.15, 0.2) is 126 Å². The summed E-state index contributed by atoms with van der Waals surface area (Å²) in [6.07, 6.45) is 0. The van der Waals surface area contributed by atoms with Gasteiger partial charge in [-0.3, -0.25) is 0 Å². The molecule has 0 atom stereocenters. The largest absolute Gasteiger partial charge is 0.105 e. The molecule has 0 aromatic heterocycles. The minimum absolute atomic E-state index is 1.07. The van der Waals surface area contributed by atoms with Gasteiger partial charge in [0.2, 0.25) is 0 Å². The van der Waals surface area contributed by atoms with Crippen molar-refractivity contribution in [2.24, 2.45) is 0 Å². The third kappa shape index (κ3) is 6.83. The molecule has 0 amide bonds. The van der Waals surface area contributed by atoms with E-state index in [0.29, 0.717) is 0 Å². The monoisotopic (exact) mass is 702 g/mol. The normalized spacial score (nSPS) is 10.5. The Balaban J connectivity index is 1.74. The van der Waals surface area contributed by atoms with Gasteiger partial charge >= 0.3 is 0 Å². The summed E-state index contributed by atoms with van der Waals surface area (Å²) in [4.78, 5) is 0. The molecule has 0 aliphatic carbocycles. The van der Waals surface area contributed by atoms with Crippen LogP contribution < -0.4 is 0 Å². The van der Waals surface area contributed by atoms with Crippen LogP contribution in [-0.4, -0.2) is 0 Å². The predicted octanol–water partition coefficient (Wildman–Crippen LogP) is 10.9. The fourth-order valence-electron chi connectivity index (χ4n) is 3.29. The highest BCUT2D eigenvalue weighted by atomic mass is 79.9. The van der Waals surface area contributed by atoms with Crippen LogP contribution in [0.4, 0.5) is 0 Å².